The quantitative estimate of drug-likeness (QED) is 0.344. The topological polar surface area (TPSA) is 133 Å². The van der Waals surface area contributed by atoms with Gasteiger partial charge in [0.1, 0.15) is 35.4 Å². The lowest BCUT2D eigenvalue weighted by Gasteiger charge is -2.24. The minimum absolute atomic E-state index is 0.0295. The monoisotopic (exact) mass is 501 g/mol. The van der Waals surface area contributed by atoms with Crippen LogP contribution >= 0.6 is 0 Å². The summed E-state index contributed by atoms with van der Waals surface area (Å²) in [6.07, 6.45) is 2.42. The number of nitrogens with one attached hydrogen (secondary N) is 1. The van der Waals surface area contributed by atoms with Gasteiger partial charge in [-0.05, 0) is 47.9 Å². The number of nitrogens with two attached hydrogens (primary N) is 1. The Morgan fingerprint density at radius 2 is 1.66 bits per heavy atom. The minimum Gasteiger partial charge on any atom is -0.382 e. The predicted molar refractivity (Wildman–Crippen MR) is 142 cm³/mol. The molecule has 1 atom stereocenters. The van der Waals surface area contributed by atoms with Gasteiger partial charge in [0.2, 0.25) is 0 Å². The molecule has 0 unspecified atom stereocenters. The van der Waals surface area contributed by atoms with Crippen LogP contribution in [0.25, 0.3) is 27.8 Å². The molecule has 5 aromatic rings. The summed E-state index contributed by atoms with van der Waals surface area (Å²) in [5.41, 5.74) is 9.51. The summed E-state index contributed by atoms with van der Waals surface area (Å²) in [5, 5.41) is 22.2. The van der Waals surface area contributed by atoms with E-state index >= 15 is 0 Å². The van der Waals surface area contributed by atoms with Crippen LogP contribution in [0.4, 0.5) is 16.0 Å². The number of nitrogen functional groups attached to an aromatic ring is 1. The summed E-state index contributed by atoms with van der Waals surface area (Å²) < 4.78 is 15.7. The number of rotatable bonds is 5. The molecule has 184 valence electrons. The number of fused-ring (bicyclic) bond motifs is 1. The van der Waals surface area contributed by atoms with Crippen LogP contribution in [0.2, 0.25) is 0 Å². The van der Waals surface area contributed by atoms with Crippen molar-refractivity contribution in [3.8, 4) is 34.4 Å². The second-order valence-corrected chi connectivity index (χ2v) is 8.59. The number of aromatic nitrogens is 3. The maximum atomic E-state index is 14.4. The third-order valence-electron chi connectivity index (χ3n) is 6.28. The summed E-state index contributed by atoms with van der Waals surface area (Å²) in [5.74, 6) is -0.308. The standard InChI is InChI=1S/C29H20FN7O/c1-17(36-28-22(14-32)27(33)34-16-35-28)24-25(20-9-7-18(13-31)8-10-20)23-12-11-21(30)15-37(23)29(38)26(24)19-5-3-2-4-6-19/h2-12,15-17H,1H3,(H3,33,34,35,36)/t17-/m0/s1. The Labute approximate surface area is 217 Å². The van der Waals surface area contributed by atoms with E-state index in [0.29, 0.717) is 33.3 Å². The van der Waals surface area contributed by atoms with Crippen molar-refractivity contribution in [1.82, 2.24) is 14.4 Å². The van der Waals surface area contributed by atoms with Crippen molar-refractivity contribution in [1.29, 1.82) is 10.5 Å². The molecule has 2 aromatic carbocycles. The lowest BCUT2D eigenvalue weighted by atomic mass is 9.88. The predicted octanol–water partition coefficient (Wildman–Crippen LogP) is 5.06. The fourth-order valence-corrected chi connectivity index (χ4v) is 4.57. The van der Waals surface area contributed by atoms with E-state index in [4.69, 9.17) is 5.73 Å². The van der Waals surface area contributed by atoms with Crippen molar-refractivity contribution in [2.24, 2.45) is 0 Å². The second kappa shape index (κ2) is 9.84. The van der Waals surface area contributed by atoms with E-state index in [9.17, 15) is 19.7 Å². The highest BCUT2D eigenvalue weighted by molar-refractivity contribution is 5.89. The minimum atomic E-state index is -0.569. The van der Waals surface area contributed by atoms with Crippen molar-refractivity contribution in [2.75, 3.05) is 11.1 Å². The first-order valence-corrected chi connectivity index (χ1v) is 11.6. The van der Waals surface area contributed by atoms with Gasteiger partial charge in [0, 0.05) is 11.8 Å². The third-order valence-corrected chi connectivity index (χ3v) is 6.28. The summed E-state index contributed by atoms with van der Waals surface area (Å²) in [6.45, 7) is 1.84. The van der Waals surface area contributed by atoms with Gasteiger partial charge in [-0.2, -0.15) is 10.5 Å². The Hall–Kier alpha value is -5.54. The molecule has 0 aliphatic carbocycles. The van der Waals surface area contributed by atoms with Crippen LogP contribution in [0.15, 0.2) is 84.0 Å². The Bertz CT molecular complexity index is 1820. The van der Waals surface area contributed by atoms with E-state index in [1.54, 1.807) is 30.3 Å². The number of hydrogen-bond donors (Lipinski definition) is 2. The third kappa shape index (κ3) is 4.19. The van der Waals surface area contributed by atoms with Gasteiger partial charge >= 0.3 is 0 Å². The highest BCUT2D eigenvalue weighted by Crippen LogP contribution is 2.39. The Balaban J connectivity index is 1.88. The molecule has 8 nitrogen and oxygen atoms in total. The second-order valence-electron chi connectivity index (χ2n) is 8.59. The van der Waals surface area contributed by atoms with Crippen LogP contribution in [-0.2, 0) is 0 Å². The smallest absolute Gasteiger partial charge is 0.263 e. The van der Waals surface area contributed by atoms with Gasteiger partial charge in [0.25, 0.3) is 5.56 Å². The molecule has 0 saturated carbocycles. The molecule has 38 heavy (non-hydrogen) atoms. The zero-order valence-electron chi connectivity index (χ0n) is 20.2. The maximum Gasteiger partial charge on any atom is 0.263 e. The van der Waals surface area contributed by atoms with E-state index in [2.05, 4.69) is 21.4 Å². The number of anilines is 2. The molecule has 9 heteroatoms. The van der Waals surface area contributed by atoms with Crippen molar-refractivity contribution in [2.45, 2.75) is 13.0 Å². The molecule has 0 saturated heterocycles. The van der Waals surface area contributed by atoms with E-state index in [0.717, 1.165) is 11.8 Å². The fraction of sp³-hybridized carbons (Fsp3) is 0.0690. The molecule has 0 aliphatic rings. The number of benzene rings is 2. The van der Waals surface area contributed by atoms with Gasteiger partial charge in [-0.15, -0.1) is 0 Å². The van der Waals surface area contributed by atoms with Gasteiger partial charge in [0.15, 0.2) is 0 Å². The number of nitriles is 2. The van der Waals surface area contributed by atoms with E-state index in [1.165, 1.54) is 16.8 Å². The van der Waals surface area contributed by atoms with E-state index in [1.807, 2.05) is 43.3 Å². The number of pyridine rings is 2. The SMILES string of the molecule is C[C@H](Nc1ncnc(N)c1C#N)c1c(-c2ccccc2)c(=O)n2cc(F)ccc2c1-c1ccc(C#N)cc1. The fourth-order valence-electron chi connectivity index (χ4n) is 4.57. The molecular weight excluding hydrogens is 481 g/mol. The van der Waals surface area contributed by atoms with Crippen molar-refractivity contribution in [3.05, 3.63) is 112 Å². The lowest BCUT2D eigenvalue weighted by molar-refractivity contribution is 0.618. The highest BCUT2D eigenvalue weighted by Gasteiger charge is 2.26. The van der Waals surface area contributed by atoms with Gasteiger partial charge in [-0.25, -0.2) is 14.4 Å². The molecule has 5 rings (SSSR count). The first-order valence-electron chi connectivity index (χ1n) is 11.6. The molecule has 3 N–H and O–H groups in total. The average Bonchev–Trinajstić information content (AvgIpc) is 2.94. The molecule has 3 heterocycles. The van der Waals surface area contributed by atoms with Crippen LogP contribution in [0.5, 0.6) is 0 Å². The van der Waals surface area contributed by atoms with Gasteiger partial charge < -0.3 is 11.1 Å². The molecule has 0 radical (unpaired) electrons. The van der Waals surface area contributed by atoms with Gasteiger partial charge in [-0.3, -0.25) is 9.20 Å². The normalized spacial score (nSPS) is 11.5. The van der Waals surface area contributed by atoms with Crippen molar-refractivity contribution in [3.63, 3.8) is 0 Å². The van der Waals surface area contributed by atoms with Crippen LogP contribution in [-0.4, -0.2) is 14.4 Å². The van der Waals surface area contributed by atoms with E-state index < -0.39 is 17.4 Å². The molecule has 0 fully saturated rings. The van der Waals surface area contributed by atoms with Crippen LogP contribution in [0, 0.1) is 28.5 Å². The van der Waals surface area contributed by atoms with Gasteiger partial charge in [0.05, 0.1) is 28.8 Å². The van der Waals surface area contributed by atoms with Crippen LogP contribution in [0.1, 0.15) is 29.7 Å². The van der Waals surface area contributed by atoms with E-state index in [-0.39, 0.29) is 17.2 Å². The highest BCUT2D eigenvalue weighted by atomic mass is 19.1. The Morgan fingerprint density at radius 1 is 0.947 bits per heavy atom. The first kappa shape index (κ1) is 24.2. The zero-order valence-corrected chi connectivity index (χ0v) is 20.2. The summed E-state index contributed by atoms with van der Waals surface area (Å²) in [4.78, 5) is 22.0. The molecule has 0 aliphatic heterocycles. The van der Waals surface area contributed by atoms with Gasteiger partial charge in [-0.1, -0.05) is 42.5 Å². The number of hydrogen-bond acceptors (Lipinski definition) is 7. The first-order chi connectivity index (χ1) is 18.4. The van der Waals surface area contributed by atoms with Crippen LogP contribution < -0.4 is 16.6 Å². The summed E-state index contributed by atoms with van der Waals surface area (Å²) in [7, 11) is 0. The largest absolute Gasteiger partial charge is 0.382 e. The summed E-state index contributed by atoms with van der Waals surface area (Å²) >= 11 is 0. The maximum absolute atomic E-state index is 14.4. The molecule has 0 spiro atoms. The Kier molecular flexibility index (Phi) is 6.26. The molecule has 0 bridgehead atoms. The van der Waals surface area contributed by atoms with Crippen LogP contribution in [0.3, 0.4) is 0 Å². The Morgan fingerprint density at radius 3 is 2.34 bits per heavy atom. The van der Waals surface area contributed by atoms with Crippen molar-refractivity contribution < 1.29 is 4.39 Å². The molecular formula is C29H20FN7O. The van der Waals surface area contributed by atoms with Crippen molar-refractivity contribution >= 4 is 17.2 Å². The molecule has 3 aromatic heterocycles. The average molecular weight is 502 g/mol. The summed E-state index contributed by atoms with van der Waals surface area (Å²) in [6, 6.07) is 22.5. The number of halogens is 1. The lowest BCUT2D eigenvalue weighted by Crippen LogP contribution is -2.23. The molecule has 0 amide bonds. The zero-order chi connectivity index (χ0) is 26.8. The number of nitrogens with zero attached hydrogens (tertiary/aromatic N) is 5.